The van der Waals surface area contributed by atoms with Crippen molar-refractivity contribution in [2.24, 2.45) is 0 Å². The molecule has 2 aliphatic rings. The summed E-state index contributed by atoms with van der Waals surface area (Å²) in [5, 5.41) is 0. The van der Waals surface area contributed by atoms with E-state index in [0.29, 0.717) is 26.1 Å². The van der Waals surface area contributed by atoms with Gasteiger partial charge in [0.2, 0.25) is 5.91 Å². The molecular weight excluding hydrogens is 306 g/mol. The largest absolute Gasteiger partial charge is 0.343 e. The van der Waals surface area contributed by atoms with Gasteiger partial charge in [0.15, 0.2) is 0 Å². The van der Waals surface area contributed by atoms with E-state index < -0.39 is 6.04 Å². The maximum Gasteiger partial charge on any atom is 0.327 e. The number of hydrogen-bond acceptors (Lipinski definition) is 3. The zero-order valence-electron chi connectivity index (χ0n) is 14.2. The van der Waals surface area contributed by atoms with Crippen LogP contribution in [0.1, 0.15) is 31.4 Å². The molecule has 2 heterocycles. The van der Waals surface area contributed by atoms with E-state index in [1.807, 2.05) is 38.1 Å². The molecule has 24 heavy (non-hydrogen) atoms. The van der Waals surface area contributed by atoms with Gasteiger partial charge < -0.3 is 9.80 Å². The maximum absolute atomic E-state index is 12.6. The molecule has 1 atom stereocenters. The second-order valence-electron chi connectivity index (χ2n) is 6.21. The van der Waals surface area contributed by atoms with Crippen LogP contribution in [0.3, 0.4) is 0 Å². The minimum Gasteiger partial charge on any atom is -0.343 e. The van der Waals surface area contributed by atoms with Gasteiger partial charge in [-0.1, -0.05) is 24.3 Å². The van der Waals surface area contributed by atoms with E-state index in [-0.39, 0.29) is 30.8 Å². The van der Waals surface area contributed by atoms with E-state index >= 15 is 0 Å². The molecule has 0 bridgehead atoms. The Bertz CT molecular complexity index is 626. The van der Waals surface area contributed by atoms with Crippen LogP contribution in [0.15, 0.2) is 24.3 Å². The highest BCUT2D eigenvalue weighted by molar-refractivity contribution is 6.04. The average molecular weight is 329 g/mol. The molecule has 6 nitrogen and oxygen atoms in total. The Hall–Kier alpha value is -2.37. The van der Waals surface area contributed by atoms with E-state index in [4.69, 9.17) is 0 Å². The van der Waals surface area contributed by atoms with E-state index in [2.05, 4.69) is 0 Å². The first kappa shape index (κ1) is 16.5. The van der Waals surface area contributed by atoms with Crippen molar-refractivity contribution in [3.05, 3.63) is 35.4 Å². The summed E-state index contributed by atoms with van der Waals surface area (Å²) in [5.74, 6) is -0.199. The highest BCUT2D eigenvalue weighted by Gasteiger charge is 2.46. The van der Waals surface area contributed by atoms with Crippen molar-refractivity contribution in [1.29, 1.82) is 0 Å². The van der Waals surface area contributed by atoms with Gasteiger partial charge in [-0.3, -0.25) is 14.5 Å². The lowest BCUT2D eigenvalue weighted by Gasteiger charge is -2.28. The number of benzene rings is 1. The van der Waals surface area contributed by atoms with Gasteiger partial charge in [-0.05, 0) is 25.0 Å². The molecule has 1 aromatic carbocycles. The van der Waals surface area contributed by atoms with Crippen LogP contribution in [0, 0.1) is 0 Å². The highest BCUT2D eigenvalue weighted by atomic mass is 16.2. The van der Waals surface area contributed by atoms with Crippen LogP contribution in [-0.4, -0.2) is 58.2 Å². The van der Waals surface area contributed by atoms with Gasteiger partial charge in [0, 0.05) is 39.0 Å². The third-order valence-electron chi connectivity index (χ3n) is 4.94. The third-order valence-corrected chi connectivity index (χ3v) is 4.94. The van der Waals surface area contributed by atoms with Crippen molar-refractivity contribution in [2.75, 3.05) is 19.6 Å². The Morgan fingerprint density at radius 3 is 2.50 bits per heavy atom. The van der Waals surface area contributed by atoms with E-state index in [1.165, 1.54) is 4.90 Å². The molecule has 0 aliphatic carbocycles. The molecule has 0 N–H and O–H groups in total. The molecule has 1 unspecified atom stereocenters. The first-order valence-corrected chi connectivity index (χ1v) is 8.53. The highest BCUT2D eigenvalue weighted by Crippen LogP contribution is 2.30. The Balaban J connectivity index is 1.69. The summed E-state index contributed by atoms with van der Waals surface area (Å²) >= 11 is 0. The molecule has 3 rings (SSSR count). The summed E-state index contributed by atoms with van der Waals surface area (Å²) in [6, 6.07) is 7.22. The zero-order valence-corrected chi connectivity index (χ0v) is 14.2. The minimum atomic E-state index is -0.420. The summed E-state index contributed by atoms with van der Waals surface area (Å²) in [6.07, 6.45) is 0.744. The van der Waals surface area contributed by atoms with Crippen LogP contribution in [0.5, 0.6) is 0 Å². The number of nitrogens with zero attached hydrogens (tertiary/aromatic N) is 3. The van der Waals surface area contributed by atoms with Crippen LogP contribution >= 0.6 is 0 Å². The van der Waals surface area contributed by atoms with Crippen LogP contribution in [0.2, 0.25) is 0 Å². The van der Waals surface area contributed by atoms with E-state index in [9.17, 15) is 14.4 Å². The molecule has 1 aromatic rings. The van der Waals surface area contributed by atoms with Gasteiger partial charge in [0.25, 0.3) is 5.91 Å². The van der Waals surface area contributed by atoms with Crippen molar-refractivity contribution in [3.63, 3.8) is 0 Å². The fourth-order valence-electron chi connectivity index (χ4n) is 3.52. The quantitative estimate of drug-likeness (QED) is 0.772. The zero-order chi connectivity index (χ0) is 17.3. The van der Waals surface area contributed by atoms with Gasteiger partial charge in [-0.2, -0.15) is 0 Å². The van der Waals surface area contributed by atoms with Crippen molar-refractivity contribution >= 4 is 17.8 Å². The van der Waals surface area contributed by atoms with E-state index in [1.54, 1.807) is 9.80 Å². The molecular formula is C18H23N3O3. The van der Waals surface area contributed by atoms with Crippen molar-refractivity contribution in [2.45, 2.75) is 39.3 Å². The van der Waals surface area contributed by atoms with Gasteiger partial charge >= 0.3 is 6.03 Å². The monoisotopic (exact) mass is 329 g/mol. The summed E-state index contributed by atoms with van der Waals surface area (Å²) in [7, 11) is 0. The lowest BCUT2D eigenvalue weighted by atomic mass is 9.95. The Kier molecular flexibility index (Phi) is 4.55. The Morgan fingerprint density at radius 2 is 1.83 bits per heavy atom. The summed E-state index contributed by atoms with van der Waals surface area (Å²) < 4.78 is 0. The standard InChI is InChI=1S/C18H23N3O3/c1-3-19(4-2)16(22)9-10-20-17(23)15-11-13-7-5-6-8-14(13)12-21(15)18(20)24/h5-8,15H,3-4,9-12H2,1-2H3. The molecule has 2 aliphatic heterocycles. The molecule has 0 saturated carbocycles. The fraction of sp³-hybridized carbons (Fsp3) is 0.500. The van der Waals surface area contributed by atoms with Crippen molar-refractivity contribution in [3.8, 4) is 0 Å². The normalized spacial score (nSPS) is 19.3. The van der Waals surface area contributed by atoms with Crippen LogP contribution in [0.4, 0.5) is 4.79 Å². The predicted molar refractivity (Wildman–Crippen MR) is 89.1 cm³/mol. The Labute approximate surface area is 142 Å². The van der Waals surface area contributed by atoms with E-state index in [0.717, 1.165) is 11.1 Å². The van der Waals surface area contributed by atoms with Crippen LogP contribution in [-0.2, 0) is 22.6 Å². The smallest absolute Gasteiger partial charge is 0.327 e. The predicted octanol–water partition coefficient (Wildman–Crippen LogP) is 1.63. The summed E-state index contributed by atoms with van der Waals surface area (Å²) in [6.45, 7) is 5.75. The summed E-state index contributed by atoms with van der Waals surface area (Å²) in [5.41, 5.74) is 2.22. The lowest BCUT2D eigenvalue weighted by Crippen LogP contribution is -2.40. The van der Waals surface area contributed by atoms with Crippen molar-refractivity contribution in [1.82, 2.24) is 14.7 Å². The maximum atomic E-state index is 12.6. The number of fused-ring (bicyclic) bond motifs is 2. The van der Waals surface area contributed by atoms with Crippen LogP contribution < -0.4 is 0 Å². The number of urea groups is 1. The summed E-state index contributed by atoms with van der Waals surface area (Å²) in [4.78, 5) is 41.9. The first-order valence-electron chi connectivity index (χ1n) is 8.53. The molecule has 4 amide bonds. The number of carbonyl (C=O) groups excluding carboxylic acids is 3. The molecule has 6 heteroatoms. The number of rotatable bonds is 5. The number of amides is 4. The van der Waals surface area contributed by atoms with Gasteiger partial charge in [0.1, 0.15) is 6.04 Å². The first-order chi connectivity index (χ1) is 11.6. The van der Waals surface area contributed by atoms with Gasteiger partial charge in [-0.25, -0.2) is 4.79 Å². The van der Waals surface area contributed by atoms with Crippen LogP contribution in [0.25, 0.3) is 0 Å². The van der Waals surface area contributed by atoms with Gasteiger partial charge in [0.05, 0.1) is 0 Å². The number of imide groups is 1. The number of hydrogen-bond donors (Lipinski definition) is 0. The molecule has 1 saturated heterocycles. The number of carbonyl (C=O) groups is 3. The Morgan fingerprint density at radius 1 is 1.17 bits per heavy atom. The molecule has 128 valence electrons. The molecule has 1 fully saturated rings. The molecule has 0 radical (unpaired) electrons. The second-order valence-corrected chi connectivity index (χ2v) is 6.21. The average Bonchev–Trinajstić information content (AvgIpc) is 2.83. The van der Waals surface area contributed by atoms with Gasteiger partial charge in [-0.15, -0.1) is 0 Å². The SMILES string of the molecule is CCN(CC)C(=O)CCN1C(=O)C2Cc3ccccc3CN2C1=O. The lowest BCUT2D eigenvalue weighted by molar-refractivity contribution is -0.132. The molecule has 0 spiro atoms. The van der Waals surface area contributed by atoms with Crippen molar-refractivity contribution < 1.29 is 14.4 Å². The topological polar surface area (TPSA) is 60.9 Å². The fourth-order valence-corrected chi connectivity index (χ4v) is 3.52. The second kappa shape index (κ2) is 6.63. The minimum absolute atomic E-state index is 0.0197. The third kappa shape index (κ3) is 2.77. The molecule has 0 aromatic heterocycles.